The zero-order valence-electron chi connectivity index (χ0n) is 15.4. The molecular formula is C19H30N4O2. The van der Waals surface area contributed by atoms with Crippen LogP contribution in [0.25, 0.3) is 0 Å². The first-order valence-electron chi connectivity index (χ1n) is 8.92. The van der Waals surface area contributed by atoms with Gasteiger partial charge in [0.1, 0.15) is 0 Å². The van der Waals surface area contributed by atoms with Crippen LogP contribution in [0.3, 0.4) is 0 Å². The average Bonchev–Trinajstić information content (AvgIpc) is 2.62. The van der Waals surface area contributed by atoms with Gasteiger partial charge in [0.25, 0.3) is 0 Å². The second-order valence-corrected chi connectivity index (χ2v) is 7.07. The van der Waals surface area contributed by atoms with Gasteiger partial charge in [0.2, 0.25) is 11.8 Å². The molecule has 1 fully saturated rings. The number of hydrogen-bond donors (Lipinski definition) is 2. The zero-order chi connectivity index (χ0) is 18.4. The number of amides is 2. The molecular weight excluding hydrogens is 316 g/mol. The van der Waals surface area contributed by atoms with E-state index in [0.29, 0.717) is 6.54 Å². The molecule has 0 aromatic heterocycles. The minimum Gasteiger partial charge on any atom is -0.353 e. The third kappa shape index (κ3) is 5.54. The second-order valence-electron chi connectivity index (χ2n) is 7.07. The van der Waals surface area contributed by atoms with Crippen LogP contribution in [-0.4, -0.2) is 61.4 Å². The molecule has 0 spiro atoms. The summed E-state index contributed by atoms with van der Waals surface area (Å²) in [6.07, 6.45) is 1.72. The number of hydrogen-bond acceptors (Lipinski definition) is 4. The third-order valence-electron chi connectivity index (χ3n) is 4.93. The molecule has 1 aliphatic heterocycles. The van der Waals surface area contributed by atoms with Crippen LogP contribution in [0, 0.1) is 5.92 Å². The fourth-order valence-corrected chi connectivity index (χ4v) is 3.03. The van der Waals surface area contributed by atoms with Gasteiger partial charge in [-0.15, -0.1) is 0 Å². The van der Waals surface area contributed by atoms with Gasteiger partial charge in [-0.2, -0.15) is 0 Å². The Hall–Kier alpha value is -1.92. The minimum absolute atomic E-state index is 0.000768. The lowest BCUT2D eigenvalue weighted by Crippen LogP contribution is -2.49. The first-order valence-corrected chi connectivity index (χ1v) is 8.92. The highest BCUT2D eigenvalue weighted by atomic mass is 16.2. The van der Waals surface area contributed by atoms with Crippen molar-refractivity contribution in [3.05, 3.63) is 35.9 Å². The lowest BCUT2D eigenvalue weighted by Gasteiger charge is -2.33. The monoisotopic (exact) mass is 346 g/mol. The predicted octanol–water partition coefficient (Wildman–Crippen LogP) is 0.991. The minimum atomic E-state index is -0.306. The number of carbonyl (C=O) groups is 2. The van der Waals surface area contributed by atoms with Gasteiger partial charge in [-0.1, -0.05) is 37.3 Å². The van der Waals surface area contributed by atoms with Crippen LogP contribution in [0.5, 0.6) is 0 Å². The molecule has 6 nitrogen and oxygen atoms in total. The number of likely N-dealkylation sites (tertiary alicyclic amines) is 1. The van der Waals surface area contributed by atoms with Gasteiger partial charge in [-0.05, 0) is 18.4 Å². The van der Waals surface area contributed by atoms with Crippen LogP contribution in [-0.2, 0) is 9.59 Å². The first-order chi connectivity index (χ1) is 11.9. The number of carbonyl (C=O) groups excluding carboxylic acids is 2. The van der Waals surface area contributed by atoms with E-state index in [-0.39, 0.29) is 29.8 Å². The number of rotatable bonds is 6. The Morgan fingerprint density at radius 3 is 2.40 bits per heavy atom. The molecule has 0 aliphatic carbocycles. The Morgan fingerprint density at radius 2 is 1.84 bits per heavy atom. The van der Waals surface area contributed by atoms with Gasteiger partial charge in [-0.3, -0.25) is 14.5 Å². The number of benzene rings is 1. The average molecular weight is 346 g/mol. The highest BCUT2D eigenvalue weighted by molar-refractivity contribution is 5.79. The van der Waals surface area contributed by atoms with E-state index in [0.717, 1.165) is 31.5 Å². The molecule has 2 unspecified atom stereocenters. The molecule has 6 heteroatoms. The Balaban J connectivity index is 1.79. The van der Waals surface area contributed by atoms with Crippen molar-refractivity contribution in [3.8, 4) is 0 Å². The van der Waals surface area contributed by atoms with Crippen LogP contribution in [0.2, 0.25) is 0 Å². The van der Waals surface area contributed by atoms with Crippen molar-refractivity contribution in [2.45, 2.75) is 31.8 Å². The van der Waals surface area contributed by atoms with Crippen molar-refractivity contribution in [1.82, 2.24) is 15.1 Å². The topological polar surface area (TPSA) is 78.7 Å². The molecule has 3 N–H and O–H groups in total. The van der Waals surface area contributed by atoms with Crippen molar-refractivity contribution in [2.75, 3.05) is 33.7 Å². The van der Waals surface area contributed by atoms with E-state index in [9.17, 15) is 9.59 Å². The third-order valence-corrected chi connectivity index (χ3v) is 4.93. The maximum Gasteiger partial charge on any atom is 0.236 e. The van der Waals surface area contributed by atoms with Crippen LogP contribution >= 0.6 is 0 Å². The summed E-state index contributed by atoms with van der Waals surface area (Å²) in [5.74, 6) is -0.167. The number of nitrogens with zero attached hydrogens (tertiary/aromatic N) is 2. The van der Waals surface area contributed by atoms with Crippen LogP contribution in [0.4, 0.5) is 0 Å². The summed E-state index contributed by atoms with van der Waals surface area (Å²) in [4.78, 5) is 28.0. The summed E-state index contributed by atoms with van der Waals surface area (Å²) < 4.78 is 0. The van der Waals surface area contributed by atoms with Crippen molar-refractivity contribution >= 4 is 11.8 Å². The van der Waals surface area contributed by atoms with Crippen molar-refractivity contribution in [2.24, 2.45) is 11.7 Å². The maximum atomic E-state index is 12.5. The summed E-state index contributed by atoms with van der Waals surface area (Å²) in [5, 5.41) is 3.12. The number of likely N-dealkylation sites (N-methyl/N-ethyl adjacent to an activating group) is 1. The molecule has 1 saturated heterocycles. The van der Waals surface area contributed by atoms with Gasteiger partial charge < -0.3 is 16.0 Å². The smallest absolute Gasteiger partial charge is 0.236 e. The van der Waals surface area contributed by atoms with Gasteiger partial charge in [0.05, 0.1) is 12.5 Å². The van der Waals surface area contributed by atoms with Gasteiger partial charge in [0, 0.05) is 39.3 Å². The molecule has 1 heterocycles. The van der Waals surface area contributed by atoms with Crippen LogP contribution in [0.15, 0.2) is 30.3 Å². The van der Waals surface area contributed by atoms with Crippen molar-refractivity contribution in [3.63, 3.8) is 0 Å². The molecule has 1 aromatic carbocycles. The zero-order valence-corrected chi connectivity index (χ0v) is 15.4. The molecule has 1 aromatic rings. The lowest BCUT2D eigenvalue weighted by molar-refractivity contribution is -0.131. The van der Waals surface area contributed by atoms with Gasteiger partial charge in [-0.25, -0.2) is 0 Å². The van der Waals surface area contributed by atoms with E-state index in [1.807, 2.05) is 37.3 Å². The Morgan fingerprint density at radius 1 is 1.24 bits per heavy atom. The van der Waals surface area contributed by atoms with E-state index in [2.05, 4.69) is 10.2 Å². The van der Waals surface area contributed by atoms with E-state index < -0.39 is 0 Å². The molecule has 2 atom stereocenters. The quantitative estimate of drug-likeness (QED) is 0.805. The summed E-state index contributed by atoms with van der Waals surface area (Å²) >= 11 is 0. The Labute approximate surface area is 150 Å². The fourth-order valence-electron chi connectivity index (χ4n) is 3.03. The summed E-state index contributed by atoms with van der Waals surface area (Å²) in [7, 11) is 3.54. The van der Waals surface area contributed by atoms with Gasteiger partial charge in [0.15, 0.2) is 0 Å². The van der Waals surface area contributed by atoms with E-state index >= 15 is 0 Å². The van der Waals surface area contributed by atoms with Crippen molar-refractivity contribution in [1.29, 1.82) is 0 Å². The maximum absolute atomic E-state index is 12.5. The number of nitrogens with one attached hydrogen (secondary N) is 1. The second kappa shape index (κ2) is 8.97. The summed E-state index contributed by atoms with van der Waals surface area (Å²) in [5.41, 5.74) is 7.21. The molecule has 0 saturated carbocycles. The van der Waals surface area contributed by atoms with Gasteiger partial charge >= 0.3 is 0 Å². The SMILES string of the molecule is CC(C(=O)NC1CCN(CC(=O)N(C)C)CC1)C(N)c1ccccc1. The van der Waals surface area contributed by atoms with E-state index in [4.69, 9.17) is 5.73 Å². The molecule has 0 radical (unpaired) electrons. The fraction of sp³-hybridized carbons (Fsp3) is 0.579. The Bertz CT molecular complexity index is 568. The molecule has 2 rings (SSSR count). The highest BCUT2D eigenvalue weighted by Crippen LogP contribution is 2.20. The molecule has 25 heavy (non-hydrogen) atoms. The predicted molar refractivity (Wildman–Crippen MR) is 98.8 cm³/mol. The lowest BCUT2D eigenvalue weighted by atomic mass is 9.94. The molecule has 0 bridgehead atoms. The van der Waals surface area contributed by atoms with Crippen LogP contribution in [0.1, 0.15) is 31.4 Å². The normalized spacial score (nSPS) is 18.4. The van der Waals surface area contributed by atoms with Crippen molar-refractivity contribution < 1.29 is 9.59 Å². The number of nitrogens with two attached hydrogens (primary N) is 1. The highest BCUT2D eigenvalue weighted by Gasteiger charge is 2.27. The largest absolute Gasteiger partial charge is 0.353 e. The standard InChI is InChI=1S/C19H30N4O2/c1-14(18(20)15-7-5-4-6-8-15)19(25)21-16-9-11-23(12-10-16)13-17(24)22(2)3/h4-8,14,16,18H,9-13,20H2,1-3H3,(H,21,25). The van der Waals surface area contributed by atoms with E-state index in [1.165, 1.54) is 0 Å². The summed E-state index contributed by atoms with van der Waals surface area (Å²) in [6.45, 7) is 3.97. The molecule has 2 amide bonds. The van der Waals surface area contributed by atoms with Crippen LogP contribution < -0.4 is 11.1 Å². The first kappa shape index (κ1) is 19.4. The molecule has 1 aliphatic rings. The number of piperidine rings is 1. The molecule has 138 valence electrons. The summed E-state index contributed by atoms with van der Waals surface area (Å²) in [6, 6.07) is 9.57. The van der Waals surface area contributed by atoms with E-state index in [1.54, 1.807) is 19.0 Å². The Kier molecular flexibility index (Phi) is 6.96.